The van der Waals surface area contributed by atoms with Gasteiger partial charge in [-0.15, -0.1) is 0 Å². The van der Waals surface area contributed by atoms with Crippen LogP contribution in [0.4, 0.5) is 5.95 Å². The molecule has 4 nitrogen and oxygen atoms in total. The molecule has 19 heavy (non-hydrogen) atoms. The highest BCUT2D eigenvalue weighted by molar-refractivity contribution is 5.79. The van der Waals surface area contributed by atoms with E-state index in [9.17, 15) is 0 Å². The molecule has 0 amide bonds. The Balaban J connectivity index is 2.07. The van der Waals surface area contributed by atoms with Crippen molar-refractivity contribution in [3.05, 3.63) is 23.8 Å². The molecule has 1 saturated heterocycles. The lowest BCUT2D eigenvalue weighted by Gasteiger charge is -2.36. The van der Waals surface area contributed by atoms with Crippen molar-refractivity contribution in [2.45, 2.75) is 45.3 Å². The van der Waals surface area contributed by atoms with E-state index in [2.05, 4.69) is 48.5 Å². The van der Waals surface area contributed by atoms with Crippen LogP contribution in [0.25, 0.3) is 11.0 Å². The number of hydrogen-bond acceptors (Lipinski definition) is 3. The maximum absolute atomic E-state index is 6.13. The van der Waals surface area contributed by atoms with Crippen LogP contribution < -0.4 is 5.73 Å². The average Bonchev–Trinajstić information content (AvgIpc) is 2.62. The van der Waals surface area contributed by atoms with Crippen LogP contribution in [-0.2, 0) is 4.74 Å². The fourth-order valence-electron chi connectivity index (χ4n) is 3.03. The third-order valence-corrected chi connectivity index (χ3v) is 3.91. The van der Waals surface area contributed by atoms with Crippen LogP contribution in [0.2, 0.25) is 0 Å². The number of aromatic nitrogens is 2. The van der Waals surface area contributed by atoms with Crippen LogP contribution in [0.3, 0.4) is 0 Å². The van der Waals surface area contributed by atoms with Crippen molar-refractivity contribution in [1.82, 2.24) is 9.55 Å². The van der Waals surface area contributed by atoms with Gasteiger partial charge in [-0.1, -0.05) is 6.07 Å². The molecule has 0 aliphatic carbocycles. The van der Waals surface area contributed by atoms with Gasteiger partial charge < -0.3 is 15.0 Å². The molecule has 0 bridgehead atoms. The van der Waals surface area contributed by atoms with Crippen molar-refractivity contribution in [1.29, 1.82) is 0 Å². The second-order valence-corrected chi connectivity index (χ2v) is 6.09. The second kappa shape index (κ2) is 4.23. The first-order chi connectivity index (χ1) is 8.96. The van der Waals surface area contributed by atoms with Crippen molar-refractivity contribution in [2.75, 3.05) is 12.3 Å². The summed E-state index contributed by atoms with van der Waals surface area (Å²) in [7, 11) is 0. The van der Waals surface area contributed by atoms with Crippen LogP contribution in [0, 0.1) is 6.92 Å². The SMILES string of the molecule is Cc1ccc2c(c1)nc(N)n2C1CCOC(C)(C)C1. The predicted octanol–water partition coefficient (Wildman–Crippen LogP) is 3.06. The molecule has 0 radical (unpaired) electrons. The highest BCUT2D eigenvalue weighted by Crippen LogP contribution is 2.35. The van der Waals surface area contributed by atoms with E-state index in [4.69, 9.17) is 10.5 Å². The predicted molar refractivity (Wildman–Crippen MR) is 77.2 cm³/mol. The summed E-state index contributed by atoms with van der Waals surface area (Å²) in [5, 5.41) is 0. The number of fused-ring (bicyclic) bond motifs is 1. The number of nitrogens with zero attached hydrogens (tertiary/aromatic N) is 2. The highest BCUT2D eigenvalue weighted by atomic mass is 16.5. The van der Waals surface area contributed by atoms with Crippen molar-refractivity contribution >= 4 is 17.0 Å². The van der Waals surface area contributed by atoms with E-state index in [1.807, 2.05) is 0 Å². The summed E-state index contributed by atoms with van der Waals surface area (Å²) in [4.78, 5) is 4.50. The average molecular weight is 259 g/mol. The molecule has 1 fully saturated rings. The number of ether oxygens (including phenoxy) is 1. The normalized spacial score (nSPS) is 22.8. The number of aryl methyl sites for hydroxylation is 1. The Morgan fingerprint density at radius 1 is 1.42 bits per heavy atom. The van der Waals surface area contributed by atoms with E-state index >= 15 is 0 Å². The number of nitrogens with two attached hydrogens (primary N) is 1. The largest absolute Gasteiger partial charge is 0.375 e. The van der Waals surface area contributed by atoms with Gasteiger partial charge in [-0.05, 0) is 51.3 Å². The summed E-state index contributed by atoms with van der Waals surface area (Å²) in [6.45, 7) is 7.13. The molecule has 1 aromatic heterocycles. The van der Waals surface area contributed by atoms with Gasteiger partial charge in [0.15, 0.2) is 0 Å². The molecule has 1 unspecified atom stereocenters. The number of benzene rings is 1. The van der Waals surface area contributed by atoms with Gasteiger partial charge in [0.2, 0.25) is 5.95 Å². The molecule has 2 aromatic rings. The Kier molecular flexibility index (Phi) is 2.78. The molecule has 1 aliphatic heterocycles. The minimum atomic E-state index is -0.0867. The van der Waals surface area contributed by atoms with E-state index in [1.54, 1.807) is 0 Å². The first kappa shape index (κ1) is 12.5. The fourth-order valence-corrected chi connectivity index (χ4v) is 3.03. The molecule has 102 valence electrons. The Morgan fingerprint density at radius 3 is 2.95 bits per heavy atom. The summed E-state index contributed by atoms with van der Waals surface area (Å²) in [5.74, 6) is 0.614. The van der Waals surface area contributed by atoms with Gasteiger partial charge >= 0.3 is 0 Å². The Morgan fingerprint density at radius 2 is 2.21 bits per heavy atom. The molecule has 1 atom stereocenters. The van der Waals surface area contributed by atoms with Crippen LogP contribution in [0.5, 0.6) is 0 Å². The van der Waals surface area contributed by atoms with Crippen LogP contribution in [0.15, 0.2) is 18.2 Å². The highest BCUT2D eigenvalue weighted by Gasteiger charge is 2.31. The summed E-state index contributed by atoms with van der Waals surface area (Å²) in [6, 6.07) is 6.70. The van der Waals surface area contributed by atoms with Crippen molar-refractivity contribution in [2.24, 2.45) is 0 Å². The van der Waals surface area contributed by atoms with E-state index in [0.717, 1.165) is 30.5 Å². The molecule has 1 aliphatic rings. The fraction of sp³-hybridized carbons (Fsp3) is 0.533. The minimum Gasteiger partial charge on any atom is -0.375 e. The van der Waals surface area contributed by atoms with E-state index in [1.165, 1.54) is 5.56 Å². The maximum atomic E-state index is 6.13. The second-order valence-electron chi connectivity index (χ2n) is 6.09. The minimum absolute atomic E-state index is 0.0867. The first-order valence-electron chi connectivity index (χ1n) is 6.84. The van der Waals surface area contributed by atoms with Gasteiger partial charge in [-0.3, -0.25) is 0 Å². The van der Waals surface area contributed by atoms with Crippen molar-refractivity contribution < 1.29 is 4.74 Å². The number of anilines is 1. The van der Waals surface area contributed by atoms with Gasteiger partial charge in [0, 0.05) is 12.6 Å². The smallest absolute Gasteiger partial charge is 0.201 e. The molecule has 1 aromatic carbocycles. The lowest BCUT2D eigenvalue weighted by molar-refractivity contribution is -0.0682. The van der Waals surface area contributed by atoms with Crippen LogP contribution in [0.1, 0.15) is 38.3 Å². The van der Waals surface area contributed by atoms with E-state index in [0.29, 0.717) is 12.0 Å². The van der Waals surface area contributed by atoms with Gasteiger partial charge in [0.25, 0.3) is 0 Å². The zero-order chi connectivity index (χ0) is 13.6. The molecular formula is C15H21N3O. The lowest BCUT2D eigenvalue weighted by Crippen LogP contribution is -2.35. The number of imidazole rings is 1. The standard InChI is InChI=1S/C15H21N3O/c1-10-4-5-13-12(8-10)17-14(16)18(13)11-6-7-19-15(2,3)9-11/h4-5,8,11H,6-7,9H2,1-3H3,(H2,16,17). The van der Waals surface area contributed by atoms with Crippen molar-refractivity contribution in [3.63, 3.8) is 0 Å². The number of hydrogen-bond donors (Lipinski definition) is 1. The van der Waals surface area contributed by atoms with E-state index in [-0.39, 0.29) is 5.60 Å². The van der Waals surface area contributed by atoms with E-state index < -0.39 is 0 Å². The summed E-state index contributed by atoms with van der Waals surface area (Å²) in [5.41, 5.74) is 9.38. The third kappa shape index (κ3) is 2.21. The summed E-state index contributed by atoms with van der Waals surface area (Å²) < 4.78 is 7.97. The topological polar surface area (TPSA) is 53.1 Å². The Labute approximate surface area is 113 Å². The van der Waals surface area contributed by atoms with Gasteiger partial charge in [0.1, 0.15) is 0 Å². The zero-order valence-electron chi connectivity index (χ0n) is 11.8. The molecule has 0 saturated carbocycles. The van der Waals surface area contributed by atoms with Gasteiger partial charge in [0.05, 0.1) is 16.6 Å². The molecule has 4 heteroatoms. The summed E-state index contributed by atoms with van der Waals surface area (Å²) in [6.07, 6.45) is 1.96. The van der Waals surface area contributed by atoms with Crippen LogP contribution >= 0.6 is 0 Å². The zero-order valence-corrected chi connectivity index (χ0v) is 11.8. The Bertz CT molecular complexity index is 615. The number of nitrogen functional groups attached to an aromatic ring is 1. The quantitative estimate of drug-likeness (QED) is 0.856. The molecule has 0 spiro atoms. The Hall–Kier alpha value is -1.55. The number of rotatable bonds is 1. The van der Waals surface area contributed by atoms with Crippen molar-refractivity contribution in [3.8, 4) is 0 Å². The summed E-state index contributed by atoms with van der Waals surface area (Å²) >= 11 is 0. The lowest BCUT2D eigenvalue weighted by atomic mass is 9.93. The monoisotopic (exact) mass is 259 g/mol. The van der Waals surface area contributed by atoms with Crippen LogP contribution in [-0.4, -0.2) is 21.8 Å². The molecule has 2 N–H and O–H groups in total. The van der Waals surface area contributed by atoms with Gasteiger partial charge in [-0.25, -0.2) is 4.98 Å². The first-order valence-corrected chi connectivity index (χ1v) is 6.84. The third-order valence-electron chi connectivity index (χ3n) is 3.91. The molecular weight excluding hydrogens is 238 g/mol. The molecule has 2 heterocycles. The maximum Gasteiger partial charge on any atom is 0.201 e. The van der Waals surface area contributed by atoms with Gasteiger partial charge in [-0.2, -0.15) is 0 Å². The molecule has 3 rings (SSSR count).